The molecular weight excluding hydrogens is 228 g/mol. The van der Waals surface area contributed by atoms with Crippen LogP contribution in [0.4, 0.5) is 14.6 Å². The van der Waals surface area contributed by atoms with E-state index in [0.717, 1.165) is 17.5 Å². The lowest BCUT2D eigenvalue weighted by atomic mass is 10.3. The molecule has 0 aliphatic heterocycles. The first-order valence-corrected chi connectivity index (χ1v) is 4.88. The number of nitrogens with two attached hydrogens (primary N) is 1. The van der Waals surface area contributed by atoms with Crippen LogP contribution in [0.1, 0.15) is 11.4 Å². The van der Waals surface area contributed by atoms with Gasteiger partial charge in [-0.15, -0.1) is 0 Å². The molecule has 0 aliphatic carbocycles. The van der Waals surface area contributed by atoms with Gasteiger partial charge in [-0.2, -0.15) is 0 Å². The quantitative estimate of drug-likeness (QED) is 0.614. The summed E-state index contributed by atoms with van der Waals surface area (Å²) in [5.41, 5.74) is 3.55. The predicted octanol–water partition coefficient (Wildman–Crippen LogP) is 1.45. The zero-order valence-corrected chi connectivity index (χ0v) is 9.33. The minimum Gasteiger partial charge on any atom is -0.306 e. The van der Waals surface area contributed by atoms with Crippen molar-refractivity contribution < 1.29 is 8.78 Å². The molecule has 2 aromatic heterocycles. The second-order valence-corrected chi connectivity index (χ2v) is 3.55. The molecule has 0 unspecified atom stereocenters. The molecule has 0 aromatic carbocycles. The van der Waals surface area contributed by atoms with Crippen LogP contribution in [0, 0.1) is 25.5 Å². The van der Waals surface area contributed by atoms with Crippen molar-refractivity contribution in [3.8, 4) is 5.82 Å². The fraction of sp³-hybridized carbons (Fsp3) is 0.200. The van der Waals surface area contributed by atoms with Crippen LogP contribution in [0.15, 0.2) is 12.4 Å². The highest BCUT2D eigenvalue weighted by atomic mass is 19.1. The van der Waals surface area contributed by atoms with Crippen LogP contribution in [0.5, 0.6) is 0 Å². The summed E-state index contributed by atoms with van der Waals surface area (Å²) in [6, 6.07) is 0.728. The van der Waals surface area contributed by atoms with Gasteiger partial charge in [-0.25, -0.2) is 24.6 Å². The van der Waals surface area contributed by atoms with Gasteiger partial charge in [0, 0.05) is 11.8 Å². The van der Waals surface area contributed by atoms with Gasteiger partial charge in [-0.1, -0.05) is 0 Å². The summed E-state index contributed by atoms with van der Waals surface area (Å²) >= 11 is 0. The van der Waals surface area contributed by atoms with Crippen LogP contribution in [0.3, 0.4) is 0 Å². The summed E-state index contributed by atoms with van der Waals surface area (Å²) < 4.78 is 28.2. The van der Waals surface area contributed by atoms with Gasteiger partial charge in [0.2, 0.25) is 0 Å². The molecule has 0 aliphatic rings. The molecule has 2 heterocycles. The fourth-order valence-corrected chi connectivity index (χ4v) is 1.44. The van der Waals surface area contributed by atoms with E-state index >= 15 is 0 Å². The third-order valence-electron chi connectivity index (χ3n) is 2.53. The van der Waals surface area contributed by atoms with Crippen LogP contribution in [0.25, 0.3) is 5.82 Å². The van der Waals surface area contributed by atoms with Gasteiger partial charge in [-0.3, -0.25) is 4.57 Å². The number of hydrazine groups is 1. The Morgan fingerprint density at radius 1 is 1.29 bits per heavy atom. The van der Waals surface area contributed by atoms with E-state index in [-0.39, 0.29) is 11.6 Å². The molecule has 0 atom stereocenters. The van der Waals surface area contributed by atoms with Crippen molar-refractivity contribution in [1.82, 2.24) is 14.5 Å². The van der Waals surface area contributed by atoms with E-state index in [4.69, 9.17) is 5.84 Å². The number of imidazole rings is 1. The second-order valence-electron chi connectivity index (χ2n) is 3.55. The summed E-state index contributed by atoms with van der Waals surface area (Å²) in [5, 5.41) is 0. The number of nitrogens with one attached hydrogen (secondary N) is 1. The highest BCUT2D eigenvalue weighted by Crippen LogP contribution is 2.19. The minimum absolute atomic E-state index is 0.0440. The largest absolute Gasteiger partial charge is 0.306 e. The van der Waals surface area contributed by atoms with E-state index in [0.29, 0.717) is 0 Å². The second kappa shape index (κ2) is 4.10. The molecule has 0 radical (unpaired) electrons. The van der Waals surface area contributed by atoms with Crippen LogP contribution in [0.2, 0.25) is 0 Å². The van der Waals surface area contributed by atoms with Gasteiger partial charge >= 0.3 is 0 Å². The van der Waals surface area contributed by atoms with Gasteiger partial charge in [0.15, 0.2) is 23.3 Å². The lowest BCUT2D eigenvalue weighted by Gasteiger charge is -2.08. The van der Waals surface area contributed by atoms with Gasteiger partial charge in [0.25, 0.3) is 0 Å². The van der Waals surface area contributed by atoms with Crippen molar-refractivity contribution >= 4 is 5.82 Å². The van der Waals surface area contributed by atoms with Crippen LogP contribution < -0.4 is 11.3 Å². The number of pyridine rings is 1. The summed E-state index contributed by atoms with van der Waals surface area (Å²) in [6.07, 6.45) is 1.42. The van der Waals surface area contributed by atoms with E-state index < -0.39 is 11.6 Å². The molecule has 0 bridgehead atoms. The van der Waals surface area contributed by atoms with E-state index in [1.807, 2.05) is 0 Å². The normalized spacial score (nSPS) is 10.6. The number of hydrogen-bond acceptors (Lipinski definition) is 4. The van der Waals surface area contributed by atoms with Gasteiger partial charge < -0.3 is 5.43 Å². The summed E-state index contributed by atoms with van der Waals surface area (Å²) in [6.45, 7) is 3.55. The first kappa shape index (κ1) is 11.5. The van der Waals surface area contributed by atoms with E-state index in [1.54, 1.807) is 13.8 Å². The number of anilines is 1. The number of aromatic nitrogens is 3. The molecule has 5 nitrogen and oxygen atoms in total. The molecule has 0 saturated heterocycles. The molecule has 17 heavy (non-hydrogen) atoms. The maximum atomic E-state index is 13.6. The maximum Gasteiger partial charge on any atom is 0.178 e. The molecule has 7 heteroatoms. The van der Waals surface area contributed by atoms with Gasteiger partial charge in [-0.05, 0) is 13.8 Å². The Hall–Kier alpha value is -2.02. The fourth-order valence-electron chi connectivity index (χ4n) is 1.44. The van der Waals surface area contributed by atoms with Crippen molar-refractivity contribution in [2.24, 2.45) is 5.84 Å². The average Bonchev–Trinajstić information content (AvgIpc) is 2.61. The highest BCUT2D eigenvalue weighted by Gasteiger charge is 2.15. The minimum atomic E-state index is -0.844. The Kier molecular flexibility index (Phi) is 2.76. The molecule has 3 N–H and O–H groups in total. The number of nitrogen functional groups attached to an aromatic ring is 1. The Balaban J connectivity index is 2.63. The lowest BCUT2D eigenvalue weighted by molar-refractivity contribution is 0.567. The number of nitrogens with zero attached hydrogens (tertiary/aromatic N) is 3. The first-order valence-electron chi connectivity index (χ1n) is 4.88. The first-order chi connectivity index (χ1) is 8.04. The zero-order valence-electron chi connectivity index (χ0n) is 9.33. The monoisotopic (exact) mass is 239 g/mol. The number of halogens is 2. The van der Waals surface area contributed by atoms with E-state index in [1.165, 1.54) is 10.9 Å². The van der Waals surface area contributed by atoms with Gasteiger partial charge in [0.05, 0.1) is 5.69 Å². The Morgan fingerprint density at radius 3 is 2.53 bits per heavy atom. The van der Waals surface area contributed by atoms with Crippen LogP contribution in [-0.4, -0.2) is 14.5 Å². The molecule has 0 spiro atoms. The zero-order chi connectivity index (χ0) is 12.6. The van der Waals surface area contributed by atoms with Crippen LogP contribution in [-0.2, 0) is 0 Å². The molecular formula is C10H11F2N5. The van der Waals surface area contributed by atoms with E-state index in [2.05, 4.69) is 15.4 Å². The van der Waals surface area contributed by atoms with Crippen molar-refractivity contribution in [3.63, 3.8) is 0 Å². The summed E-state index contributed by atoms with van der Waals surface area (Å²) in [7, 11) is 0. The molecule has 0 saturated carbocycles. The Labute approximate surface area is 96.3 Å². The molecule has 0 fully saturated rings. The van der Waals surface area contributed by atoms with Crippen molar-refractivity contribution in [2.75, 3.05) is 5.43 Å². The lowest BCUT2D eigenvalue weighted by Crippen LogP contribution is -2.13. The molecule has 2 aromatic rings. The number of rotatable bonds is 2. The smallest absolute Gasteiger partial charge is 0.178 e. The summed E-state index contributed by atoms with van der Waals surface area (Å²) in [4.78, 5) is 7.79. The molecule has 2 rings (SSSR count). The Morgan fingerprint density at radius 2 is 2.00 bits per heavy atom. The Bertz CT molecular complexity index is 564. The maximum absolute atomic E-state index is 13.6. The molecule has 0 amide bonds. The third kappa shape index (κ3) is 1.84. The number of hydrogen-bond donors (Lipinski definition) is 2. The van der Waals surface area contributed by atoms with Crippen molar-refractivity contribution in [1.29, 1.82) is 0 Å². The van der Waals surface area contributed by atoms with E-state index in [9.17, 15) is 8.78 Å². The average molecular weight is 239 g/mol. The third-order valence-corrected chi connectivity index (χ3v) is 2.53. The topological polar surface area (TPSA) is 68.8 Å². The van der Waals surface area contributed by atoms with Crippen molar-refractivity contribution in [3.05, 3.63) is 35.4 Å². The highest BCUT2D eigenvalue weighted by molar-refractivity contribution is 5.42. The predicted molar refractivity (Wildman–Crippen MR) is 58.6 cm³/mol. The standard InChI is InChI=1S/C10H11F2N5/c1-5-6(2)17(4-14-5)10-8(12)3-7(11)9(15-10)16-13/h3-4H,13H2,1-2H3,(H,15,16). The van der Waals surface area contributed by atoms with Gasteiger partial charge in [0.1, 0.15) is 6.33 Å². The molecule has 90 valence electrons. The van der Waals surface area contributed by atoms with Crippen molar-refractivity contribution in [2.45, 2.75) is 13.8 Å². The number of aryl methyl sites for hydroxylation is 1. The SMILES string of the molecule is Cc1ncn(-c2nc(NN)c(F)cc2F)c1C. The summed E-state index contributed by atoms with van der Waals surface area (Å²) in [5.74, 6) is 3.21. The van der Waals surface area contributed by atoms with Crippen LogP contribution >= 0.6 is 0 Å².